The predicted octanol–water partition coefficient (Wildman–Crippen LogP) is 0.234. The summed E-state index contributed by atoms with van der Waals surface area (Å²) in [7, 11) is 0. The van der Waals surface area contributed by atoms with Crippen LogP contribution < -0.4 is 11.5 Å². The highest BCUT2D eigenvalue weighted by Crippen LogP contribution is 1.97. The average molecular weight is 348 g/mol. The van der Waals surface area contributed by atoms with Crippen molar-refractivity contribution < 1.29 is 39.6 Å². The van der Waals surface area contributed by atoms with Crippen molar-refractivity contribution in [2.45, 2.75) is 38.8 Å². The Morgan fingerprint density at radius 2 is 1.04 bits per heavy atom. The normalized spacial score (nSPS) is 9.83. The fraction of sp³-hybridized carbons (Fsp3) is 0.429. The van der Waals surface area contributed by atoms with E-state index in [0.717, 1.165) is 6.42 Å². The smallest absolute Gasteiger partial charge is 0.328 e. The summed E-state index contributed by atoms with van der Waals surface area (Å²) in [6.07, 6.45) is 6.77. The molecule has 8 N–H and O–H groups in total. The lowest BCUT2D eigenvalue weighted by molar-refractivity contribution is -0.134. The van der Waals surface area contributed by atoms with Crippen molar-refractivity contribution in [1.29, 1.82) is 0 Å². The zero-order valence-corrected chi connectivity index (χ0v) is 13.3. The van der Waals surface area contributed by atoms with Gasteiger partial charge >= 0.3 is 23.9 Å². The van der Waals surface area contributed by atoms with Gasteiger partial charge in [0.25, 0.3) is 0 Å². The Labute approximate surface area is 139 Å². The SMILES string of the molecule is CCCCCC(N)N.O=C(O)C=CC(=O)O.O=C(O)C=CC(=O)O. The van der Waals surface area contributed by atoms with Crippen molar-refractivity contribution in [2.75, 3.05) is 0 Å². The van der Waals surface area contributed by atoms with Crippen LogP contribution in [-0.4, -0.2) is 50.5 Å². The molecule has 0 aromatic rings. The lowest BCUT2D eigenvalue weighted by Crippen LogP contribution is -2.29. The minimum absolute atomic E-state index is 0.0958. The summed E-state index contributed by atoms with van der Waals surface area (Å²) in [6.45, 7) is 2.17. The van der Waals surface area contributed by atoms with Crippen LogP contribution in [0, 0.1) is 0 Å². The van der Waals surface area contributed by atoms with Crippen LogP contribution in [-0.2, 0) is 19.2 Å². The molecule has 0 bridgehead atoms. The lowest BCUT2D eigenvalue weighted by atomic mass is 10.2. The molecule has 0 aromatic carbocycles. The molecule has 0 aliphatic heterocycles. The van der Waals surface area contributed by atoms with Crippen LogP contribution in [0.15, 0.2) is 24.3 Å². The molecular formula is C14H24N2O8. The van der Waals surface area contributed by atoms with Gasteiger partial charge in [-0.2, -0.15) is 0 Å². The van der Waals surface area contributed by atoms with Crippen molar-refractivity contribution in [3.05, 3.63) is 24.3 Å². The lowest BCUT2D eigenvalue weighted by Gasteiger charge is -2.01. The number of hydrogen-bond acceptors (Lipinski definition) is 6. The first-order chi connectivity index (χ1) is 11.0. The molecule has 0 aliphatic carbocycles. The molecule has 0 fully saturated rings. The third kappa shape index (κ3) is 42.7. The molecule has 24 heavy (non-hydrogen) atoms. The topological polar surface area (TPSA) is 201 Å². The van der Waals surface area contributed by atoms with Gasteiger partial charge in [0, 0.05) is 24.3 Å². The summed E-state index contributed by atoms with van der Waals surface area (Å²) in [5.41, 5.74) is 10.6. The maximum atomic E-state index is 9.55. The van der Waals surface area contributed by atoms with E-state index in [0.29, 0.717) is 24.3 Å². The summed E-state index contributed by atoms with van der Waals surface area (Å²) in [5.74, 6) is -5.03. The van der Waals surface area contributed by atoms with E-state index in [1.165, 1.54) is 19.3 Å². The highest BCUT2D eigenvalue weighted by atomic mass is 16.4. The Morgan fingerprint density at radius 3 is 1.21 bits per heavy atom. The highest BCUT2D eigenvalue weighted by molar-refractivity contribution is 5.90. The second kappa shape index (κ2) is 18.3. The van der Waals surface area contributed by atoms with E-state index in [4.69, 9.17) is 31.9 Å². The number of hydrogen-bond donors (Lipinski definition) is 6. The standard InChI is InChI=1S/C6H16N2.2C4H4O4/c1-2-3-4-5-6(7)8;2*5-3(6)1-2-4(7)8/h6H,2-5,7-8H2,1H3;2*1-2H,(H,5,6)(H,7,8). The van der Waals surface area contributed by atoms with Gasteiger partial charge in [0.2, 0.25) is 0 Å². The third-order valence-electron chi connectivity index (χ3n) is 1.88. The molecule has 0 saturated heterocycles. The van der Waals surface area contributed by atoms with Gasteiger partial charge in [0.05, 0.1) is 6.17 Å². The number of carboxylic acids is 4. The molecule has 138 valence electrons. The zero-order chi connectivity index (χ0) is 19.5. The largest absolute Gasteiger partial charge is 0.478 e. The van der Waals surface area contributed by atoms with Gasteiger partial charge in [0.1, 0.15) is 0 Å². The zero-order valence-electron chi connectivity index (χ0n) is 13.3. The molecular weight excluding hydrogens is 324 g/mol. The average Bonchev–Trinajstić information content (AvgIpc) is 2.44. The first-order valence-corrected chi connectivity index (χ1v) is 6.81. The van der Waals surface area contributed by atoms with E-state index in [2.05, 4.69) is 6.92 Å². The van der Waals surface area contributed by atoms with E-state index in [9.17, 15) is 19.2 Å². The molecule has 0 heterocycles. The minimum Gasteiger partial charge on any atom is -0.478 e. The number of aliphatic carboxylic acids is 4. The van der Waals surface area contributed by atoms with E-state index < -0.39 is 23.9 Å². The second-order valence-electron chi connectivity index (χ2n) is 4.18. The van der Waals surface area contributed by atoms with Crippen LogP contribution in [0.3, 0.4) is 0 Å². The first-order valence-electron chi connectivity index (χ1n) is 6.81. The molecule has 0 radical (unpaired) electrons. The Kier molecular flexibility index (Phi) is 20.0. The summed E-state index contributed by atoms with van der Waals surface area (Å²) in [6, 6.07) is 0. The van der Waals surface area contributed by atoms with Crippen LogP contribution in [0.2, 0.25) is 0 Å². The summed E-state index contributed by atoms with van der Waals surface area (Å²) >= 11 is 0. The number of nitrogens with two attached hydrogens (primary N) is 2. The van der Waals surface area contributed by atoms with Gasteiger partial charge in [-0.25, -0.2) is 19.2 Å². The molecule has 10 nitrogen and oxygen atoms in total. The van der Waals surface area contributed by atoms with Crippen LogP contribution in [0.5, 0.6) is 0 Å². The molecule has 10 heteroatoms. The third-order valence-corrected chi connectivity index (χ3v) is 1.88. The van der Waals surface area contributed by atoms with Gasteiger partial charge in [-0.15, -0.1) is 0 Å². The van der Waals surface area contributed by atoms with Crippen molar-refractivity contribution in [2.24, 2.45) is 11.5 Å². The maximum absolute atomic E-state index is 9.55. The summed E-state index contributed by atoms with van der Waals surface area (Å²) in [4.78, 5) is 38.2. The van der Waals surface area contributed by atoms with Crippen molar-refractivity contribution >= 4 is 23.9 Å². The molecule has 0 aliphatic rings. The molecule has 0 spiro atoms. The summed E-state index contributed by atoms with van der Waals surface area (Å²) < 4.78 is 0. The molecule has 0 amide bonds. The Balaban J connectivity index is -0.000000276. The van der Waals surface area contributed by atoms with Gasteiger partial charge in [-0.05, 0) is 6.42 Å². The van der Waals surface area contributed by atoms with Gasteiger partial charge < -0.3 is 31.9 Å². The predicted molar refractivity (Wildman–Crippen MR) is 85.1 cm³/mol. The Hall–Kier alpha value is -2.72. The molecule has 0 aromatic heterocycles. The fourth-order valence-corrected chi connectivity index (χ4v) is 0.915. The molecule has 0 atom stereocenters. The van der Waals surface area contributed by atoms with Crippen LogP contribution in [0.25, 0.3) is 0 Å². The van der Waals surface area contributed by atoms with Gasteiger partial charge in [-0.3, -0.25) is 0 Å². The van der Waals surface area contributed by atoms with Crippen LogP contribution in [0.4, 0.5) is 0 Å². The molecule has 0 rings (SSSR count). The summed E-state index contributed by atoms with van der Waals surface area (Å²) in [5, 5.41) is 31.2. The number of carbonyl (C=O) groups is 4. The monoisotopic (exact) mass is 348 g/mol. The van der Waals surface area contributed by atoms with Crippen molar-refractivity contribution in [3.63, 3.8) is 0 Å². The fourth-order valence-electron chi connectivity index (χ4n) is 0.915. The Bertz CT molecular complexity index is 378. The first kappa shape index (κ1) is 26.2. The van der Waals surface area contributed by atoms with Gasteiger partial charge in [-0.1, -0.05) is 26.2 Å². The quantitative estimate of drug-likeness (QED) is 0.200. The van der Waals surface area contributed by atoms with Crippen LogP contribution in [0.1, 0.15) is 32.6 Å². The number of rotatable bonds is 8. The highest BCUT2D eigenvalue weighted by Gasteiger charge is 1.91. The Morgan fingerprint density at radius 1 is 0.750 bits per heavy atom. The molecule has 0 unspecified atom stereocenters. The number of carboxylic acid groups (broad SMARTS) is 4. The van der Waals surface area contributed by atoms with E-state index in [-0.39, 0.29) is 6.17 Å². The van der Waals surface area contributed by atoms with E-state index >= 15 is 0 Å². The number of unbranched alkanes of at least 4 members (excludes halogenated alkanes) is 2. The van der Waals surface area contributed by atoms with E-state index in [1.54, 1.807) is 0 Å². The van der Waals surface area contributed by atoms with Crippen molar-refractivity contribution in [1.82, 2.24) is 0 Å². The van der Waals surface area contributed by atoms with Crippen molar-refractivity contribution in [3.8, 4) is 0 Å². The van der Waals surface area contributed by atoms with E-state index in [1.807, 2.05) is 0 Å². The van der Waals surface area contributed by atoms with Crippen LogP contribution >= 0.6 is 0 Å². The van der Waals surface area contributed by atoms with Gasteiger partial charge in [0.15, 0.2) is 0 Å². The molecule has 0 saturated carbocycles. The second-order valence-corrected chi connectivity index (χ2v) is 4.18. The maximum Gasteiger partial charge on any atom is 0.328 e. The minimum atomic E-state index is -1.26.